The van der Waals surface area contributed by atoms with Crippen LogP contribution in [0.25, 0.3) is 0 Å². The number of aryl methyl sites for hydroxylation is 1. The second-order valence-corrected chi connectivity index (χ2v) is 3.57. The van der Waals surface area contributed by atoms with E-state index in [2.05, 4.69) is 41.2 Å². The molecule has 0 aliphatic heterocycles. The largest absolute Gasteiger partial charge is 0.356 e. The van der Waals surface area contributed by atoms with Gasteiger partial charge >= 0.3 is 0 Å². The zero-order valence-corrected chi connectivity index (χ0v) is 9.95. The lowest BCUT2D eigenvalue weighted by Gasteiger charge is -2.22. The Morgan fingerprint density at radius 3 is 2.73 bits per heavy atom. The zero-order chi connectivity index (χ0) is 11.1. The third-order valence-electron chi connectivity index (χ3n) is 2.39. The van der Waals surface area contributed by atoms with Crippen molar-refractivity contribution in [3.63, 3.8) is 0 Å². The topological polar surface area (TPSA) is 28.2 Å². The molecule has 0 saturated heterocycles. The van der Waals surface area contributed by atoms with Gasteiger partial charge in [-0.2, -0.15) is 0 Å². The molecule has 15 heavy (non-hydrogen) atoms. The molecule has 0 radical (unpaired) electrons. The minimum Gasteiger partial charge on any atom is -0.356 e. The highest BCUT2D eigenvalue weighted by Gasteiger charge is 2.04. The first-order valence-electron chi connectivity index (χ1n) is 5.67. The van der Waals surface area contributed by atoms with Crippen molar-refractivity contribution in [1.29, 1.82) is 0 Å². The van der Waals surface area contributed by atoms with Gasteiger partial charge in [-0.15, -0.1) is 0 Å². The van der Waals surface area contributed by atoms with Crippen molar-refractivity contribution in [2.75, 3.05) is 31.1 Å². The third kappa shape index (κ3) is 3.88. The molecule has 0 spiro atoms. The molecule has 3 heteroatoms. The van der Waals surface area contributed by atoms with E-state index >= 15 is 0 Å². The van der Waals surface area contributed by atoms with E-state index in [4.69, 9.17) is 0 Å². The van der Waals surface area contributed by atoms with Crippen LogP contribution in [-0.4, -0.2) is 31.2 Å². The summed E-state index contributed by atoms with van der Waals surface area (Å²) in [6.07, 6.45) is 0. The summed E-state index contributed by atoms with van der Waals surface area (Å²) in [4.78, 5) is 6.81. The molecule has 1 rings (SSSR count). The van der Waals surface area contributed by atoms with Crippen LogP contribution in [0.4, 0.5) is 5.82 Å². The van der Waals surface area contributed by atoms with Gasteiger partial charge in [0, 0.05) is 25.3 Å². The summed E-state index contributed by atoms with van der Waals surface area (Å²) >= 11 is 0. The normalized spacial score (nSPS) is 10.3. The Morgan fingerprint density at radius 2 is 2.13 bits per heavy atom. The Balaban J connectivity index is 2.57. The molecule has 0 amide bonds. The van der Waals surface area contributed by atoms with Crippen LogP contribution in [0, 0.1) is 6.92 Å². The number of nitrogens with one attached hydrogen (secondary N) is 1. The predicted molar refractivity (Wildman–Crippen MR) is 65.4 cm³/mol. The molecule has 0 unspecified atom stereocenters. The lowest BCUT2D eigenvalue weighted by atomic mass is 10.3. The van der Waals surface area contributed by atoms with Crippen molar-refractivity contribution < 1.29 is 0 Å². The van der Waals surface area contributed by atoms with Crippen LogP contribution < -0.4 is 10.2 Å². The fourth-order valence-corrected chi connectivity index (χ4v) is 1.53. The minimum atomic E-state index is 1.00. The van der Waals surface area contributed by atoms with Crippen molar-refractivity contribution >= 4 is 5.82 Å². The first-order valence-corrected chi connectivity index (χ1v) is 5.67. The SMILES string of the molecule is CCNCCN(CC)c1cccc(C)n1. The maximum absolute atomic E-state index is 4.52. The van der Waals surface area contributed by atoms with Gasteiger partial charge in [0.05, 0.1) is 0 Å². The Labute approximate surface area is 92.5 Å². The first-order chi connectivity index (χ1) is 7.27. The van der Waals surface area contributed by atoms with Crippen LogP contribution >= 0.6 is 0 Å². The number of hydrogen-bond acceptors (Lipinski definition) is 3. The summed E-state index contributed by atoms with van der Waals surface area (Å²) < 4.78 is 0. The number of likely N-dealkylation sites (N-methyl/N-ethyl adjacent to an activating group) is 2. The van der Waals surface area contributed by atoms with Gasteiger partial charge in [0.2, 0.25) is 0 Å². The van der Waals surface area contributed by atoms with Crippen LogP contribution in [0.5, 0.6) is 0 Å². The molecule has 3 nitrogen and oxygen atoms in total. The third-order valence-corrected chi connectivity index (χ3v) is 2.39. The van der Waals surface area contributed by atoms with Gasteiger partial charge in [0.1, 0.15) is 5.82 Å². The smallest absolute Gasteiger partial charge is 0.128 e. The Morgan fingerprint density at radius 1 is 1.33 bits per heavy atom. The summed E-state index contributed by atoms with van der Waals surface area (Å²) in [5, 5.41) is 3.33. The fourth-order valence-electron chi connectivity index (χ4n) is 1.53. The van der Waals surface area contributed by atoms with Crippen LogP contribution in [0.1, 0.15) is 19.5 Å². The molecule has 0 bridgehead atoms. The maximum atomic E-state index is 4.52. The highest BCUT2D eigenvalue weighted by molar-refractivity contribution is 5.38. The zero-order valence-electron chi connectivity index (χ0n) is 9.95. The molecule has 0 aliphatic carbocycles. The number of nitrogens with zero attached hydrogens (tertiary/aromatic N) is 2. The van der Waals surface area contributed by atoms with Crippen LogP contribution in [-0.2, 0) is 0 Å². The minimum absolute atomic E-state index is 1.00. The van der Waals surface area contributed by atoms with Gasteiger partial charge in [-0.05, 0) is 32.5 Å². The molecular weight excluding hydrogens is 186 g/mol. The van der Waals surface area contributed by atoms with E-state index < -0.39 is 0 Å². The highest BCUT2D eigenvalue weighted by Crippen LogP contribution is 2.09. The molecular formula is C12H21N3. The first kappa shape index (κ1) is 12.0. The highest BCUT2D eigenvalue weighted by atomic mass is 15.2. The van der Waals surface area contributed by atoms with Gasteiger partial charge in [-0.25, -0.2) is 4.98 Å². The number of pyridine rings is 1. The average molecular weight is 207 g/mol. The van der Waals surface area contributed by atoms with Gasteiger partial charge in [0.25, 0.3) is 0 Å². The molecule has 1 aromatic rings. The molecule has 0 fully saturated rings. The fraction of sp³-hybridized carbons (Fsp3) is 0.583. The van der Waals surface area contributed by atoms with Crippen LogP contribution in [0.15, 0.2) is 18.2 Å². The standard InChI is InChI=1S/C12H21N3/c1-4-13-9-10-15(5-2)12-8-6-7-11(3)14-12/h6-8,13H,4-5,9-10H2,1-3H3. The number of rotatable bonds is 6. The second kappa shape index (κ2) is 6.40. The summed E-state index contributed by atoms with van der Waals surface area (Å²) in [7, 11) is 0. The Bertz CT molecular complexity index is 286. The van der Waals surface area contributed by atoms with E-state index in [1.807, 2.05) is 13.0 Å². The van der Waals surface area contributed by atoms with E-state index in [0.717, 1.165) is 37.7 Å². The summed E-state index contributed by atoms with van der Waals surface area (Å²) in [5.74, 6) is 1.08. The van der Waals surface area contributed by atoms with Crippen molar-refractivity contribution in [2.45, 2.75) is 20.8 Å². The van der Waals surface area contributed by atoms with Crippen LogP contribution in [0.2, 0.25) is 0 Å². The summed E-state index contributed by atoms with van der Waals surface area (Å²) in [6.45, 7) is 10.4. The molecule has 1 heterocycles. The maximum Gasteiger partial charge on any atom is 0.128 e. The van der Waals surface area contributed by atoms with E-state index in [-0.39, 0.29) is 0 Å². The van der Waals surface area contributed by atoms with E-state index in [9.17, 15) is 0 Å². The Hall–Kier alpha value is -1.09. The molecule has 1 aromatic heterocycles. The second-order valence-electron chi connectivity index (χ2n) is 3.57. The molecule has 0 atom stereocenters. The number of hydrogen-bond donors (Lipinski definition) is 1. The molecule has 84 valence electrons. The number of anilines is 1. The monoisotopic (exact) mass is 207 g/mol. The predicted octanol–water partition coefficient (Wildman–Crippen LogP) is 1.83. The quantitative estimate of drug-likeness (QED) is 0.721. The number of aromatic nitrogens is 1. The molecule has 0 aliphatic rings. The van der Waals surface area contributed by atoms with Gasteiger partial charge in [0.15, 0.2) is 0 Å². The Kier molecular flexibility index (Phi) is 5.12. The van der Waals surface area contributed by atoms with Crippen molar-refractivity contribution in [2.24, 2.45) is 0 Å². The van der Waals surface area contributed by atoms with Gasteiger partial charge in [-0.3, -0.25) is 0 Å². The molecule has 1 N–H and O–H groups in total. The van der Waals surface area contributed by atoms with Gasteiger partial charge < -0.3 is 10.2 Å². The molecule has 0 aromatic carbocycles. The summed E-state index contributed by atoms with van der Waals surface area (Å²) in [5.41, 5.74) is 1.08. The lowest BCUT2D eigenvalue weighted by Crippen LogP contribution is -2.32. The van der Waals surface area contributed by atoms with E-state index in [1.165, 1.54) is 0 Å². The summed E-state index contributed by atoms with van der Waals surface area (Å²) in [6, 6.07) is 6.16. The van der Waals surface area contributed by atoms with Gasteiger partial charge in [-0.1, -0.05) is 13.0 Å². The van der Waals surface area contributed by atoms with Crippen LogP contribution in [0.3, 0.4) is 0 Å². The lowest BCUT2D eigenvalue weighted by molar-refractivity contribution is 0.683. The van der Waals surface area contributed by atoms with Crippen molar-refractivity contribution in [3.05, 3.63) is 23.9 Å². The van der Waals surface area contributed by atoms with E-state index in [1.54, 1.807) is 0 Å². The van der Waals surface area contributed by atoms with Crippen molar-refractivity contribution in [3.8, 4) is 0 Å². The molecule has 0 saturated carbocycles. The van der Waals surface area contributed by atoms with E-state index in [0.29, 0.717) is 0 Å². The average Bonchev–Trinajstić information content (AvgIpc) is 2.24. The van der Waals surface area contributed by atoms with Crippen molar-refractivity contribution in [1.82, 2.24) is 10.3 Å².